The van der Waals surface area contributed by atoms with E-state index in [1.165, 1.54) is 41.1 Å². The van der Waals surface area contributed by atoms with E-state index in [0.717, 1.165) is 126 Å². The normalized spacial score (nSPS) is 11.4. The Labute approximate surface area is 692 Å². The van der Waals surface area contributed by atoms with Crippen molar-refractivity contribution < 1.29 is 66.7 Å². The van der Waals surface area contributed by atoms with Gasteiger partial charge in [0.25, 0.3) is 0 Å². The Morgan fingerprint density at radius 1 is 0.243 bits per heavy atom. The molecule has 115 heavy (non-hydrogen) atoms. The van der Waals surface area contributed by atoms with E-state index in [0.29, 0.717) is 165 Å². The summed E-state index contributed by atoms with van der Waals surface area (Å²) in [5, 5.41) is 26.3. The monoisotopic (exact) mass is 1640 g/mol. The molecular formula is C89H112N8O14S4. The molecule has 0 saturated heterocycles. The van der Waals surface area contributed by atoms with Crippen LogP contribution in [0.1, 0.15) is 35.6 Å². The lowest BCUT2D eigenvalue weighted by Gasteiger charge is -2.09. The highest BCUT2D eigenvalue weighted by Crippen LogP contribution is 2.36. The predicted molar refractivity (Wildman–Crippen MR) is 471 cm³/mol. The van der Waals surface area contributed by atoms with E-state index in [-0.39, 0.29) is 6.61 Å². The van der Waals surface area contributed by atoms with Gasteiger partial charge in [0.2, 0.25) is 0 Å². The average molecular weight is 1650 g/mol. The quantitative estimate of drug-likeness (QED) is 0.0223. The second-order valence-corrected chi connectivity index (χ2v) is 30.8. The van der Waals surface area contributed by atoms with Crippen LogP contribution in [0.2, 0.25) is 0 Å². The number of aliphatic hydroxyl groups excluding tert-OH is 1. The average Bonchev–Trinajstić information content (AvgIpc) is 1.69. The number of aliphatic hydroxyl groups is 1. The summed E-state index contributed by atoms with van der Waals surface area (Å²) < 4.78 is 76.4. The van der Waals surface area contributed by atoms with Crippen LogP contribution in [-0.2, 0) is 61.6 Å². The molecule has 5 N–H and O–H groups in total. The molecule has 616 valence electrons. The van der Waals surface area contributed by atoms with Gasteiger partial charge in [0.05, 0.1) is 213 Å². The van der Waals surface area contributed by atoms with E-state index in [1.54, 1.807) is 45.3 Å². The first-order valence-electron chi connectivity index (χ1n) is 39.6. The molecule has 0 aliphatic carbocycles. The van der Waals surface area contributed by atoms with Gasteiger partial charge in [-0.1, -0.05) is 31.2 Å². The van der Waals surface area contributed by atoms with Crippen LogP contribution < -0.4 is 21.3 Å². The minimum absolute atomic E-state index is 0.0340. The molecule has 0 unspecified atom stereocenters. The first kappa shape index (κ1) is 89.3. The molecule has 8 aromatic carbocycles. The highest BCUT2D eigenvalue weighted by molar-refractivity contribution is 7.22. The number of hydrogen-bond donors (Lipinski definition) is 5. The standard InChI is InChI=1S/C40H46N4O5S2.C26H36N2O6S.C23H30N2O3S/c1-29-3-13-35-37(27-29)50-39(43-35)31-5-9-33(10-6-31)41-15-17-45-19-21-47-23-25-49-26-24-48-22-20-46-18-16-42-34-11-7-32(8-12-34)40-44-36-14-4-30(2)28-38(36)51-40;1-21-2-7-24-25(20-21)35-26(28-24)22-3-5-23(6-4-22)27-8-10-30-12-14-32-16-18-34-19-17-33-15-13-31-11-9-29;1-3-11-26-13-15-28-16-14-27-12-10-24-20-7-5-19(6-8-20)23-25-21-9-4-18(2)17-22(21)29-23/h3-14,27-28,41-42H,15-26H2,1-2H3;2-7,20,27,29H,8-19H2,1H3;4-9,17,24H,3,10-16H2,1-2H3. The van der Waals surface area contributed by atoms with Gasteiger partial charge in [-0.15, -0.1) is 45.3 Å². The Kier molecular flexibility index (Phi) is 40.9. The van der Waals surface area contributed by atoms with Crippen molar-refractivity contribution in [1.29, 1.82) is 0 Å². The van der Waals surface area contributed by atoms with Gasteiger partial charge in [-0.2, -0.15) is 0 Å². The number of aryl methyl sites for hydroxylation is 4. The van der Waals surface area contributed by atoms with Crippen LogP contribution in [-0.4, -0.2) is 230 Å². The largest absolute Gasteiger partial charge is 0.394 e. The predicted octanol–water partition coefficient (Wildman–Crippen LogP) is 17.4. The molecule has 0 bridgehead atoms. The SMILES string of the molecule is CCCOCCOCCOCCNc1ccc(-c2nc3ccc(C)cc3s2)cc1.Cc1ccc2nc(-c3ccc(NCCOCCOCCOCCOCCOCCNc4ccc(-c5nc6ccc(C)cc6s5)cc4)cc3)sc2c1.Cc1ccc2nc(-c3ccc(NCCOCCOCCOCCOCCOCCO)cc3)sc2c1. The molecule has 0 atom stereocenters. The summed E-state index contributed by atoms with van der Waals surface area (Å²) in [6.07, 6.45) is 1.04. The summed E-state index contributed by atoms with van der Waals surface area (Å²) in [5.74, 6) is 0. The molecule has 0 fully saturated rings. The zero-order valence-electron chi connectivity index (χ0n) is 67.0. The molecule has 4 heterocycles. The van der Waals surface area contributed by atoms with Crippen LogP contribution in [0.3, 0.4) is 0 Å². The second-order valence-electron chi connectivity index (χ2n) is 26.7. The molecule has 26 heteroatoms. The van der Waals surface area contributed by atoms with E-state index in [9.17, 15) is 0 Å². The lowest BCUT2D eigenvalue weighted by Crippen LogP contribution is -2.15. The van der Waals surface area contributed by atoms with Crippen LogP contribution in [0, 0.1) is 27.7 Å². The number of hydrogen-bond acceptors (Lipinski definition) is 26. The number of rotatable bonds is 54. The molecule has 0 aliphatic heterocycles. The van der Waals surface area contributed by atoms with Gasteiger partial charge < -0.3 is 88.0 Å². The smallest absolute Gasteiger partial charge is 0.124 e. The van der Waals surface area contributed by atoms with Crippen molar-refractivity contribution in [2.24, 2.45) is 0 Å². The lowest BCUT2D eigenvalue weighted by molar-refractivity contribution is -0.0127. The number of aromatic nitrogens is 4. The summed E-state index contributed by atoms with van der Waals surface area (Å²) in [7, 11) is 0. The summed E-state index contributed by atoms with van der Waals surface area (Å²) in [6.45, 7) is 28.1. The van der Waals surface area contributed by atoms with Gasteiger partial charge >= 0.3 is 0 Å². The maximum atomic E-state index is 8.58. The molecule has 0 spiro atoms. The van der Waals surface area contributed by atoms with Crippen molar-refractivity contribution in [3.63, 3.8) is 0 Å². The number of benzene rings is 8. The third-order valence-electron chi connectivity index (χ3n) is 17.3. The van der Waals surface area contributed by atoms with Gasteiger partial charge in [-0.05, 0) is 202 Å². The highest BCUT2D eigenvalue weighted by Gasteiger charge is 2.12. The molecule has 22 nitrogen and oxygen atoms in total. The minimum atomic E-state index is 0.0340. The van der Waals surface area contributed by atoms with Gasteiger partial charge in [0.15, 0.2) is 0 Å². The topological polar surface area (TPSA) is 240 Å². The molecule has 0 radical (unpaired) electrons. The third kappa shape index (κ3) is 33.1. The molecular weight excluding hydrogens is 1530 g/mol. The molecule has 0 saturated carbocycles. The van der Waals surface area contributed by atoms with Crippen LogP contribution in [0.15, 0.2) is 170 Å². The van der Waals surface area contributed by atoms with Crippen molar-refractivity contribution in [3.05, 3.63) is 192 Å². The second kappa shape index (κ2) is 52.6. The summed E-state index contributed by atoms with van der Waals surface area (Å²) in [4.78, 5) is 19.0. The zero-order chi connectivity index (χ0) is 80.0. The summed E-state index contributed by atoms with van der Waals surface area (Å²) in [6, 6.07) is 59.1. The fraction of sp³-hybridized carbons (Fsp3) is 0.416. The van der Waals surface area contributed by atoms with Crippen molar-refractivity contribution in [2.75, 3.05) is 226 Å². The van der Waals surface area contributed by atoms with E-state index in [2.05, 4.69) is 226 Å². The molecule has 12 aromatic rings. The molecule has 12 rings (SSSR count). The number of ether oxygens (including phenoxy) is 13. The number of nitrogens with zero attached hydrogens (tertiary/aromatic N) is 4. The summed E-state index contributed by atoms with van der Waals surface area (Å²) >= 11 is 6.91. The zero-order valence-corrected chi connectivity index (χ0v) is 70.2. The van der Waals surface area contributed by atoms with Gasteiger partial charge in [-0.3, -0.25) is 0 Å². The Morgan fingerprint density at radius 3 is 0.635 bits per heavy atom. The van der Waals surface area contributed by atoms with Crippen molar-refractivity contribution in [1.82, 2.24) is 19.9 Å². The number of anilines is 4. The molecule has 0 aliphatic rings. The van der Waals surface area contributed by atoms with E-state index >= 15 is 0 Å². The maximum Gasteiger partial charge on any atom is 0.124 e. The number of thiazole rings is 4. The number of nitrogens with one attached hydrogen (secondary N) is 4. The highest BCUT2D eigenvalue weighted by atomic mass is 32.1. The van der Waals surface area contributed by atoms with Crippen molar-refractivity contribution in [2.45, 2.75) is 41.0 Å². The van der Waals surface area contributed by atoms with Gasteiger partial charge in [0, 0.05) is 77.8 Å². The number of fused-ring (bicyclic) bond motifs is 4. The van der Waals surface area contributed by atoms with Crippen molar-refractivity contribution in [3.8, 4) is 42.3 Å². The van der Waals surface area contributed by atoms with E-state index in [1.807, 2.05) is 0 Å². The fourth-order valence-electron chi connectivity index (χ4n) is 11.3. The summed E-state index contributed by atoms with van der Waals surface area (Å²) in [5.41, 5.74) is 18.0. The minimum Gasteiger partial charge on any atom is -0.394 e. The van der Waals surface area contributed by atoms with Crippen LogP contribution in [0.25, 0.3) is 83.2 Å². The Balaban J connectivity index is 0.000000191. The Morgan fingerprint density at radius 2 is 0.435 bits per heavy atom. The first-order chi connectivity index (χ1) is 56.6. The van der Waals surface area contributed by atoms with E-state index < -0.39 is 0 Å². The Hall–Kier alpha value is -8.04. The Bertz CT molecular complexity index is 4510. The van der Waals surface area contributed by atoms with Gasteiger partial charge in [-0.25, -0.2) is 19.9 Å². The van der Waals surface area contributed by atoms with Crippen LogP contribution in [0.4, 0.5) is 22.7 Å². The maximum absolute atomic E-state index is 8.58. The van der Waals surface area contributed by atoms with E-state index in [4.69, 9.17) is 86.6 Å². The fourth-order valence-corrected chi connectivity index (χ4v) is 15.6. The van der Waals surface area contributed by atoms with Crippen LogP contribution in [0.5, 0.6) is 0 Å². The third-order valence-corrected chi connectivity index (χ3v) is 21.6. The molecule has 4 aromatic heterocycles. The first-order valence-corrected chi connectivity index (χ1v) is 42.9. The van der Waals surface area contributed by atoms with Gasteiger partial charge in [0.1, 0.15) is 20.0 Å². The lowest BCUT2D eigenvalue weighted by atomic mass is 10.2. The molecule has 0 amide bonds. The van der Waals surface area contributed by atoms with Crippen LogP contribution >= 0.6 is 45.3 Å². The van der Waals surface area contributed by atoms with Crippen molar-refractivity contribution >= 4 is 109 Å².